The molecule has 1 atom stereocenters. The van der Waals surface area contributed by atoms with Gasteiger partial charge in [0.15, 0.2) is 0 Å². The molecule has 1 amide bonds. The molecular weight excluding hydrogens is 430 g/mol. The summed E-state index contributed by atoms with van der Waals surface area (Å²) in [6.07, 6.45) is 0. The maximum atomic E-state index is 13.3. The SMILES string of the molecule is COc1cccc(N2C(=O)C(=O)/C(=C(\O)c3ccc4ccccc4c3)C2c2ccc(O)cc2)c1. The van der Waals surface area contributed by atoms with Gasteiger partial charge in [0.25, 0.3) is 11.7 Å². The zero-order valence-electron chi connectivity index (χ0n) is 18.3. The number of rotatable bonds is 4. The summed E-state index contributed by atoms with van der Waals surface area (Å²) < 4.78 is 5.30. The highest BCUT2D eigenvalue weighted by atomic mass is 16.5. The number of benzene rings is 4. The molecule has 0 bridgehead atoms. The number of methoxy groups -OCH3 is 1. The van der Waals surface area contributed by atoms with Crippen LogP contribution in [0.25, 0.3) is 16.5 Å². The molecule has 1 heterocycles. The number of phenols is 1. The van der Waals surface area contributed by atoms with Crippen LogP contribution in [-0.2, 0) is 9.59 Å². The third-order valence-corrected chi connectivity index (χ3v) is 6.01. The second kappa shape index (κ2) is 8.41. The number of fused-ring (bicyclic) bond motifs is 1. The number of ether oxygens (including phenoxy) is 1. The number of amides is 1. The van der Waals surface area contributed by atoms with Crippen LogP contribution in [0.3, 0.4) is 0 Å². The van der Waals surface area contributed by atoms with Gasteiger partial charge in [-0.3, -0.25) is 14.5 Å². The smallest absolute Gasteiger partial charge is 0.300 e. The van der Waals surface area contributed by atoms with Gasteiger partial charge in [-0.1, -0.05) is 54.6 Å². The van der Waals surface area contributed by atoms with Crippen molar-refractivity contribution in [3.05, 3.63) is 108 Å². The van der Waals surface area contributed by atoms with E-state index in [0.29, 0.717) is 22.6 Å². The molecule has 168 valence electrons. The highest BCUT2D eigenvalue weighted by Gasteiger charge is 2.47. The highest BCUT2D eigenvalue weighted by molar-refractivity contribution is 6.51. The van der Waals surface area contributed by atoms with E-state index in [9.17, 15) is 19.8 Å². The van der Waals surface area contributed by atoms with Gasteiger partial charge in [-0.2, -0.15) is 0 Å². The Morgan fingerprint density at radius 3 is 2.32 bits per heavy atom. The molecule has 34 heavy (non-hydrogen) atoms. The molecule has 0 aromatic heterocycles. The van der Waals surface area contributed by atoms with Crippen molar-refractivity contribution in [1.29, 1.82) is 0 Å². The van der Waals surface area contributed by atoms with Crippen molar-refractivity contribution in [2.75, 3.05) is 12.0 Å². The average Bonchev–Trinajstić information content (AvgIpc) is 3.14. The largest absolute Gasteiger partial charge is 0.508 e. The minimum atomic E-state index is -0.890. The van der Waals surface area contributed by atoms with E-state index >= 15 is 0 Å². The summed E-state index contributed by atoms with van der Waals surface area (Å²) in [4.78, 5) is 27.9. The van der Waals surface area contributed by atoms with E-state index in [-0.39, 0.29) is 17.1 Å². The number of aliphatic hydroxyl groups excluding tert-OH is 1. The van der Waals surface area contributed by atoms with Crippen molar-refractivity contribution in [2.45, 2.75) is 6.04 Å². The molecule has 1 unspecified atom stereocenters. The monoisotopic (exact) mass is 451 g/mol. The second-order valence-corrected chi connectivity index (χ2v) is 8.02. The lowest BCUT2D eigenvalue weighted by molar-refractivity contribution is -0.132. The summed E-state index contributed by atoms with van der Waals surface area (Å²) in [5.74, 6) is -1.22. The molecule has 6 heteroatoms. The Kier molecular flexibility index (Phi) is 5.26. The summed E-state index contributed by atoms with van der Waals surface area (Å²) in [5, 5.41) is 23.0. The lowest BCUT2D eigenvalue weighted by Crippen LogP contribution is -2.29. The maximum absolute atomic E-state index is 13.3. The first-order valence-electron chi connectivity index (χ1n) is 10.7. The zero-order chi connectivity index (χ0) is 23.8. The van der Waals surface area contributed by atoms with Crippen LogP contribution < -0.4 is 9.64 Å². The van der Waals surface area contributed by atoms with Gasteiger partial charge in [-0.25, -0.2) is 0 Å². The molecule has 2 N–H and O–H groups in total. The normalized spacial score (nSPS) is 17.3. The number of carbonyl (C=O) groups is 2. The first-order valence-corrected chi connectivity index (χ1v) is 10.7. The van der Waals surface area contributed by atoms with Crippen molar-refractivity contribution in [2.24, 2.45) is 0 Å². The Labute approximate surface area is 196 Å². The number of carbonyl (C=O) groups excluding carboxylic acids is 2. The lowest BCUT2D eigenvalue weighted by Gasteiger charge is -2.25. The Morgan fingerprint density at radius 1 is 0.853 bits per heavy atom. The Bertz CT molecular complexity index is 1460. The maximum Gasteiger partial charge on any atom is 0.300 e. The van der Waals surface area contributed by atoms with Crippen molar-refractivity contribution < 1.29 is 24.5 Å². The molecule has 0 saturated carbocycles. The number of aromatic hydroxyl groups is 1. The summed E-state index contributed by atoms with van der Waals surface area (Å²) in [7, 11) is 1.52. The summed E-state index contributed by atoms with van der Waals surface area (Å²) in [6.45, 7) is 0. The van der Waals surface area contributed by atoms with Crippen molar-refractivity contribution in [3.8, 4) is 11.5 Å². The molecule has 1 fully saturated rings. The van der Waals surface area contributed by atoms with E-state index in [4.69, 9.17) is 4.74 Å². The van der Waals surface area contributed by atoms with Crippen molar-refractivity contribution in [3.63, 3.8) is 0 Å². The van der Waals surface area contributed by atoms with E-state index in [1.54, 1.807) is 48.5 Å². The zero-order valence-corrected chi connectivity index (χ0v) is 18.3. The molecule has 5 rings (SSSR count). The number of aliphatic hydroxyl groups is 1. The van der Waals surface area contributed by atoms with Crippen molar-refractivity contribution in [1.82, 2.24) is 0 Å². The Morgan fingerprint density at radius 2 is 1.59 bits per heavy atom. The van der Waals surface area contributed by atoms with Crippen LogP contribution in [0.1, 0.15) is 17.2 Å². The third kappa shape index (κ3) is 3.55. The van der Waals surface area contributed by atoms with Crippen LogP contribution in [0.5, 0.6) is 11.5 Å². The predicted molar refractivity (Wildman–Crippen MR) is 130 cm³/mol. The highest BCUT2D eigenvalue weighted by Crippen LogP contribution is 2.43. The van der Waals surface area contributed by atoms with Gasteiger partial charge in [0.2, 0.25) is 0 Å². The summed E-state index contributed by atoms with van der Waals surface area (Å²) in [5.41, 5.74) is 1.44. The van der Waals surface area contributed by atoms with Gasteiger partial charge in [-0.15, -0.1) is 0 Å². The average molecular weight is 451 g/mol. The minimum Gasteiger partial charge on any atom is -0.508 e. The molecule has 0 spiro atoms. The molecule has 4 aromatic carbocycles. The number of Topliss-reactive ketones (excluding diaryl/α,β-unsaturated/α-hetero) is 1. The van der Waals surface area contributed by atoms with Gasteiger partial charge in [0.1, 0.15) is 17.3 Å². The Balaban J connectivity index is 1.72. The number of nitrogens with zero attached hydrogens (tertiary/aromatic N) is 1. The van der Waals surface area contributed by atoms with Gasteiger partial charge < -0.3 is 14.9 Å². The minimum absolute atomic E-state index is 0.0196. The van der Waals surface area contributed by atoms with Crippen LogP contribution in [0.4, 0.5) is 5.69 Å². The first kappa shape index (κ1) is 21.3. The van der Waals surface area contributed by atoms with E-state index in [2.05, 4.69) is 0 Å². The molecular formula is C28H21NO5. The summed E-state index contributed by atoms with van der Waals surface area (Å²) >= 11 is 0. The van der Waals surface area contributed by atoms with Gasteiger partial charge >= 0.3 is 0 Å². The van der Waals surface area contributed by atoms with Gasteiger partial charge in [0.05, 0.1) is 18.7 Å². The van der Waals surface area contributed by atoms with E-state index in [1.807, 2.05) is 30.3 Å². The molecule has 6 nitrogen and oxygen atoms in total. The number of hydrogen-bond donors (Lipinski definition) is 2. The standard InChI is InChI=1S/C28H21NO5/c1-34-23-8-4-7-21(16-23)29-25(18-11-13-22(30)14-12-18)24(27(32)28(29)33)26(31)20-10-9-17-5-2-3-6-19(17)15-20/h2-16,25,30-31H,1H3/b26-24-. The fourth-order valence-electron chi connectivity index (χ4n) is 4.32. The van der Waals surface area contributed by atoms with Gasteiger partial charge in [0, 0.05) is 17.3 Å². The van der Waals surface area contributed by atoms with Gasteiger partial charge in [-0.05, 0) is 46.7 Å². The fourth-order valence-corrected chi connectivity index (χ4v) is 4.32. The van der Waals surface area contributed by atoms with Crippen molar-refractivity contribution >= 4 is 33.9 Å². The molecule has 4 aromatic rings. The fraction of sp³-hybridized carbons (Fsp3) is 0.0714. The molecule has 1 aliphatic heterocycles. The van der Waals surface area contributed by atoms with Crippen LogP contribution in [0.15, 0.2) is 96.6 Å². The molecule has 1 aliphatic rings. The lowest BCUT2D eigenvalue weighted by atomic mass is 9.94. The van der Waals surface area contributed by atoms with Crippen LogP contribution in [-0.4, -0.2) is 29.0 Å². The Hall–Kier alpha value is -4.58. The molecule has 0 radical (unpaired) electrons. The third-order valence-electron chi connectivity index (χ3n) is 6.01. The van der Waals surface area contributed by atoms with Crippen LogP contribution in [0.2, 0.25) is 0 Å². The summed E-state index contributed by atoms with van der Waals surface area (Å²) in [6, 6.07) is 25.2. The predicted octanol–water partition coefficient (Wildman–Crippen LogP) is 5.18. The first-order chi connectivity index (χ1) is 16.5. The second-order valence-electron chi connectivity index (χ2n) is 8.02. The van der Waals surface area contributed by atoms with Crippen LogP contribution >= 0.6 is 0 Å². The van der Waals surface area contributed by atoms with E-state index < -0.39 is 17.7 Å². The quantitative estimate of drug-likeness (QED) is 0.254. The molecule has 1 saturated heterocycles. The van der Waals surface area contributed by atoms with E-state index in [1.165, 1.54) is 24.1 Å². The number of anilines is 1. The van der Waals surface area contributed by atoms with Crippen LogP contribution in [0, 0.1) is 0 Å². The number of phenolic OH excluding ortho intramolecular Hbond substituents is 1. The number of ketones is 1. The van der Waals surface area contributed by atoms with E-state index in [0.717, 1.165) is 10.8 Å². The number of hydrogen-bond acceptors (Lipinski definition) is 5. The molecule has 0 aliphatic carbocycles. The topological polar surface area (TPSA) is 87.1 Å².